The number of carbonyl (C=O) groups is 1. The Labute approximate surface area is 108 Å². The number of hydrogen-bond acceptors (Lipinski definition) is 1. The molecule has 0 atom stereocenters. The highest BCUT2D eigenvalue weighted by atomic mass is 35.5. The van der Waals surface area contributed by atoms with E-state index in [0.717, 1.165) is 11.1 Å². The van der Waals surface area contributed by atoms with Gasteiger partial charge in [-0.2, -0.15) is 0 Å². The van der Waals surface area contributed by atoms with Gasteiger partial charge in [-0.1, -0.05) is 31.5 Å². The van der Waals surface area contributed by atoms with Crippen LogP contribution in [-0.4, -0.2) is 11.1 Å². The maximum atomic E-state index is 11.1. The Morgan fingerprint density at radius 3 is 2.41 bits per heavy atom. The molecule has 0 saturated carbocycles. The lowest BCUT2D eigenvalue weighted by atomic mass is 9.85. The number of carboxylic acids is 1. The molecule has 0 fully saturated rings. The van der Waals surface area contributed by atoms with Crippen LogP contribution in [-0.2, 0) is 11.2 Å². The Morgan fingerprint density at radius 1 is 1.35 bits per heavy atom. The predicted molar refractivity (Wildman–Crippen MR) is 70.7 cm³/mol. The molecule has 0 amide bonds. The third-order valence-corrected chi connectivity index (χ3v) is 3.09. The predicted octanol–water partition coefficient (Wildman–Crippen LogP) is 4.12. The summed E-state index contributed by atoms with van der Waals surface area (Å²) in [7, 11) is 0. The molecule has 2 nitrogen and oxygen atoms in total. The van der Waals surface area contributed by atoms with Gasteiger partial charge in [0.1, 0.15) is 0 Å². The van der Waals surface area contributed by atoms with Crippen molar-refractivity contribution in [1.82, 2.24) is 0 Å². The minimum absolute atomic E-state index is 0.389. The fourth-order valence-corrected chi connectivity index (χ4v) is 1.96. The van der Waals surface area contributed by atoms with Crippen molar-refractivity contribution < 1.29 is 9.90 Å². The molecular formula is C14H19ClO2. The summed E-state index contributed by atoms with van der Waals surface area (Å²) in [6.45, 7) is 7.64. The van der Waals surface area contributed by atoms with Crippen LogP contribution in [0.1, 0.15) is 44.7 Å². The quantitative estimate of drug-likeness (QED) is 0.878. The van der Waals surface area contributed by atoms with E-state index in [4.69, 9.17) is 16.7 Å². The molecular weight excluding hydrogens is 236 g/mol. The van der Waals surface area contributed by atoms with Gasteiger partial charge in [0.2, 0.25) is 0 Å². The molecule has 0 saturated heterocycles. The van der Waals surface area contributed by atoms with Gasteiger partial charge in [0, 0.05) is 5.02 Å². The molecule has 0 aliphatic carbocycles. The zero-order valence-electron chi connectivity index (χ0n) is 10.7. The van der Waals surface area contributed by atoms with Gasteiger partial charge in [-0.25, -0.2) is 0 Å². The van der Waals surface area contributed by atoms with Gasteiger partial charge in [-0.3, -0.25) is 4.79 Å². The summed E-state index contributed by atoms with van der Waals surface area (Å²) in [5, 5.41) is 9.79. The van der Waals surface area contributed by atoms with Crippen molar-refractivity contribution in [2.75, 3.05) is 0 Å². The first-order valence-corrected chi connectivity index (χ1v) is 6.13. The molecule has 1 N–H and O–H groups in total. The molecule has 0 spiro atoms. The molecule has 1 aromatic carbocycles. The van der Waals surface area contributed by atoms with Gasteiger partial charge in [0.25, 0.3) is 0 Å². The second-order valence-electron chi connectivity index (χ2n) is 5.41. The van der Waals surface area contributed by atoms with Crippen LogP contribution in [0.3, 0.4) is 0 Å². The van der Waals surface area contributed by atoms with Crippen LogP contribution < -0.4 is 0 Å². The van der Waals surface area contributed by atoms with E-state index in [9.17, 15) is 4.79 Å². The fraction of sp³-hybridized carbons (Fsp3) is 0.500. The van der Waals surface area contributed by atoms with Crippen LogP contribution in [0.15, 0.2) is 18.2 Å². The normalized spacial score (nSPS) is 11.9. The van der Waals surface area contributed by atoms with Gasteiger partial charge in [-0.05, 0) is 49.4 Å². The molecule has 0 aliphatic rings. The fourth-order valence-electron chi connectivity index (χ4n) is 1.70. The summed E-state index contributed by atoms with van der Waals surface area (Å²) in [4.78, 5) is 11.1. The van der Waals surface area contributed by atoms with Gasteiger partial charge >= 0.3 is 5.97 Å². The van der Waals surface area contributed by atoms with Crippen molar-refractivity contribution in [2.24, 2.45) is 5.41 Å². The van der Waals surface area contributed by atoms with Crippen LogP contribution >= 0.6 is 11.6 Å². The Bertz CT molecular complexity index is 422. The molecule has 94 valence electrons. The van der Waals surface area contributed by atoms with E-state index in [1.54, 1.807) is 13.8 Å². The Balaban J connectivity index is 3.03. The highest BCUT2D eigenvalue weighted by Crippen LogP contribution is 2.27. The van der Waals surface area contributed by atoms with Crippen molar-refractivity contribution in [3.05, 3.63) is 34.3 Å². The van der Waals surface area contributed by atoms with Crippen LogP contribution in [0.5, 0.6) is 0 Å². The SMILES string of the molecule is CC(C)c1cc(Cl)cc(CC(C)(C)C(=O)O)c1. The number of benzene rings is 1. The topological polar surface area (TPSA) is 37.3 Å². The van der Waals surface area contributed by atoms with Crippen LogP contribution in [0.2, 0.25) is 5.02 Å². The third kappa shape index (κ3) is 3.74. The highest BCUT2D eigenvalue weighted by molar-refractivity contribution is 6.30. The highest BCUT2D eigenvalue weighted by Gasteiger charge is 2.27. The molecule has 0 unspecified atom stereocenters. The first-order chi connectivity index (χ1) is 7.72. The second kappa shape index (κ2) is 5.09. The Kier molecular flexibility index (Phi) is 4.21. The first kappa shape index (κ1) is 14.0. The standard InChI is InChI=1S/C14H19ClO2/c1-9(2)11-5-10(6-12(15)7-11)8-14(3,4)13(16)17/h5-7,9H,8H2,1-4H3,(H,16,17). The van der Waals surface area contributed by atoms with Crippen LogP contribution in [0.4, 0.5) is 0 Å². The van der Waals surface area contributed by atoms with Gasteiger partial charge in [0.15, 0.2) is 0 Å². The first-order valence-electron chi connectivity index (χ1n) is 5.75. The zero-order chi connectivity index (χ0) is 13.2. The van der Waals surface area contributed by atoms with Crippen molar-refractivity contribution in [3.8, 4) is 0 Å². The van der Waals surface area contributed by atoms with Crippen molar-refractivity contribution in [1.29, 1.82) is 0 Å². The number of aliphatic carboxylic acids is 1. The summed E-state index contributed by atoms with van der Waals surface area (Å²) in [5.41, 5.74) is 1.36. The average molecular weight is 255 g/mol. The van der Waals surface area contributed by atoms with E-state index in [1.807, 2.05) is 18.2 Å². The minimum Gasteiger partial charge on any atom is -0.481 e. The minimum atomic E-state index is -0.788. The zero-order valence-corrected chi connectivity index (χ0v) is 11.5. The smallest absolute Gasteiger partial charge is 0.309 e. The summed E-state index contributed by atoms with van der Waals surface area (Å²) >= 11 is 6.06. The number of hydrogen-bond donors (Lipinski definition) is 1. The van der Waals surface area contributed by atoms with Gasteiger partial charge in [-0.15, -0.1) is 0 Å². The van der Waals surface area contributed by atoms with E-state index in [0.29, 0.717) is 17.4 Å². The largest absolute Gasteiger partial charge is 0.481 e. The maximum Gasteiger partial charge on any atom is 0.309 e. The lowest BCUT2D eigenvalue weighted by Crippen LogP contribution is -2.26. The lowest BCUT2D eigenvalue weighted by molar-refractivity contribution is -0.146. The summed E-state index contributed by atoms with van der Waals surface area (Å²) < 4.78 is 0. The van der Waals surface area contributed by atoms with Crippen molar-refractivity contribution >= 4 is 17.6 Å². The molecule has 17 heavy (non-hydrogen) atoms. The van der Waals surface area contributed by atoms with E-state index in [1.165, 1.54) is 0 Å². The third-order valence-electron chi connectivity index (χ3n) is 2.87. The monoisotopic (exact) mass is 254 g/mol. The summed E-state index contributed by atoms with van der Waals surface area (Å²) in [5.74, 6) is -0.399. The van der Waals surface area contributed by atoms with Gasteiger partial charge in [0.05, 0.1) is 5.41 Å². The molecule has 1 rings (SSSR count). The molecule has 1 aromatic rings. The van der Waals surface area contributed by atoms with Crippen molar-refractivity contribution in [2.45, 2.75) is 40.0 Å². The summed E-state index contributed by atoms with van der Waals surface area (Å²) in [6.07, 6.45) is 0.489. The molecule has 3 heteroatoms. The van der Waals surface area contributed by atoms with Crippen LogP contribution in [0, 0.1) is 5.41 Å². The van der Waals surface area contributed by atoms with Crippen LogP contribution in [0.25, 0.3) is 0 Å². The molecule has 0 radical (unpaired) electrons. The van der Waals surface area contributed by atoms with Gasteiger partial charge < -0.3 is 5.11 Å². The van der Waals surface area contributed by atoms with E-state index >= 15 is 0 Å². The van der Waals surface area contributed by atoms with E-state index in [2.05, 4.69) is 13.8 Å². The molecule has 0 aromatic heterocycles. The summed E-state index contributed by atoms with van der Waals surface area (Å²) in [6, 6.07) is 5.82. The lowest BCUT2D eigenvalue weighted by Gasteiger charge is -2.20. The number of rotatable bonds is 4. The molecule has 0 heterocycles. The molecule has 0 aliphatic heterocycles. The van der Waals surface area contributed by atoms with E-state index in [-0.39, 0.29) is 0 Å². The van der Waals surface area contributed by atoms with Crippen molar-refractivity contribution in [3.63, 3.8) is 0 Å². The Morgan fingerprint density at radius 2 is 1.94 bits per heavy atom. The molecule has 0 bridgehead atoms. The van der Waals surface area contributed by atoms with E-state index < -0.39 is 11.4 Å². The second-order valence-corrected chi connectivity index (χ2v) is 5.85. The Hall–Kier alpha value is -1.02. The number of carboxylic acid groups (broad SMARTS) is 1. The maximum absolute atomic E-state index is 11.1. The number of halogens is 1. The average Bonchev–Trinajstić information content (AvgIpc) is 2.15.